The summed E-state index contributed by atoms with van der Waals surface area (Å²) in [4.78, 5) is 4.38. The average Bonchev–Trinajstić information content (AvgIpc) is 2.27. The molecule has 0 aromatic heterocycles. The number of hydrogen-bond acceptors (Lipinski definition) is 5. The fourth-order valence-corrected chi connectivity index (χ4v) is 5.74. The molecule has 1 fully saturated rings. The van der Waals surface area contributed by atoms with E-state index in [4.69, 9.17) is 11.5 Å². The Bertz CT molecular complexity index is 741. The van der Waals surface area contributed by atoms with Gasteiger partial charge in [0.25, 0.3) is 0 Å². The number of rotatable bonds is 1. The van der Waals surface area contributed by atoms with E-state index in [-0.39, 0.29) is 17.2 Å². The fourth-order valence-electron chi connectivity index (χ4n) is 3.23. The lowest BCUT2D eigenvalue weighted by molar-refractivity contribution is 0.388. The van der Waals surface area contributed by atoms with Crippen LogP contribution in [0, 0.1) is 5.82 Å². The highest BCUT2D eigenvalue weighted by Crippen LogP contribution is 2.47. The van der Waals surface area contributed by atoms with Crippen molar-refractivity contribution in [3.05, 3.63) is 29.6 Å². The Kier molecular flexibility index (Phi) is 2.86. The van der Waals surface area contributed by atoms with Crippen molar-refractivity contribution >= 4 is 21.4 Å². The molecule has 1 heterocycles. The molecule has 1 saturated carbocycles. The van der Waals surface area contributed by atoms with Crippen LogP contribution in [0.1, 0.15) is 31.7 Å². The Morgan fingerprint density at radius 2 is 1.95 bits per heavy atom. The van der Waals surface area contributed by atoms with E-state index in [2.05, 4.69) is 4.99 Å². The summed E-state index contributed by atoms with van der Waals surface area (Å²) in [5.41, 5.74) is 11.0. The Morgan fingerprint density at radius 3 is 2.48 bits per heavy atom. The third-order valence-corrected chi connectivity index (χ3v) is 7.38. The first-order valence-electron chi connectivity index (χ1n) is 6.84. The van der Waals surface area contributed by atoms with Crippen LogP contribution in [0.25, 0.3) is 0 Å². The average molecular weight is 311 g/mol. The van der Waals surface area contributed by atoms with Crippen molar-refractivity contribution < 1.29 is 12.8 Å². The summed E-state index contributed by atoms with van der Waals surface area (Å²) in [6, 6.07) is 4.09. The molecule has 2 aliphatic rings. The minimum absolute atomic E-state index is 0.101. The third kappa shape index (κ3) is 1.87. The van der Waals surface area contributed by atoms with Crippen LogP contribution in [-0.2, 0) is 15.4 Å². The Morgan fingerprint density at radius 1 is 1.29 bits per heavy atom. The molecule has 3 rings (SSSR count). The lowest BCUT2D eigenvalue weighted by Gasteiger charge is -2.46. The summed E-state index contributed by atoms with van der Waals surface area (Å²) in [6.07, 6.45) is 1.82. The standard InChI is InChI=1S/C14H18FN3O2S/c1-13(10-7-9(16)3-4-11(10)15)8-21(19,20)14(5-2-6-14)12(17)18-13/h3-4,7H,2,5-6,8,16H2,1H3,(H2,17,18)/t13-/m0/s1. The van der Waals surface area contributed by atoms with Crippen molar-refractivity contribution in [1.82, 2.24) is 0 Å². The summed E-state index contributed by atoms with van der Waals surface area (Å²) < 4.78 is 38.4. The van der Waals surface area contributed by atoms with Crippen molar-refractivity contribution in [3.63, 3.8) is 0 Å². The molecule has 5 nitrogen and oxygen atoms in total. The van der Waals surface area contributed by atoms with E-state index >= 15 is 0 Å². The number of amidine groups is 1. The number of nitrogens with zero attached hydrogens (tertiary/aromatic N) is 1. The number of nitrogens with two attached hydrogens (primary N) is 2. The van der Waals surface area contributed by atoms with Crippen molar-refractivity contribution in [2.45, 2.75) is 36.5 Å². The smallest absolute Gasteiger partial charge is 0.165 e. The molecule has 1 aliphatic carbocycles. The Labute approximate surface area is 123 Å². The maximum absolute atomic E-state index is 14.1. The van der Waals surface area contributed by atoms with E-state index < -0.39 is 25.9 Å². The SMILES string of the molecule is C[C@@]1(c2cc(N)ccc2F)CS(=O)(=O)C2(CCC2)C(N)=N1. The van der Waals surface area contributed by atoms with Gasteiger partial charge in [-0.3, -0.25) is 4.99 Å². The largest absolute Gasteiger partial charge is 0.399 e. The van der Waals surface area contributed by atoms with Crippen LogP contribution in [0.15, 0.2) is 23.2 Å². The number of hydrogen-bond donors (Lipinski definition) is 2. The van der Waals surface area contributed by atoms with E-state index in [1.807, 2.05) is 0 Å². The molecule has 0 amide bonds. The molecule has 4 N–H and O–H groups in total. The van der Waals surface area contributed by atoms with Crippen LogP contribution >= 0.6 is 0 Å². The Balaban J connectivity index is 2.17. The summed E-state index contributed by atoms with van der Waals surface area (Å²) in [7, 11) is -3.48. The molecule has 1 atom stereocenters. The zero-order valence-corrected chi connectivity index (χ0v) is 12.6. The zero-order valence-electron chi connectivity index (χ0n) is 11.8. The molecule has 0 unspecified atom stereocenters. The van der Waals surface area contributed by atoms with Gasteiger partial charge in [0.1, 0.15) is 21.9 Å². The normalized spacial score (nSPS) is 29.7. The van der Waals surface area contributed by atoms with Crippen molar-refractivity contribution in [1.29, 1.82) is 0 Å². The van der Waals surface area contributed by atoms with Gasteiger partial charge in [0.05, 0.1) is 5.75 Å². The summed E-state index contributed by atoms with van der Waals surface area (Å²) in [5, 5.41) is 0. The van der Waals surface area contributed by atoms with Crippen LogP contribution in [0.5, 0.6) is 0 Å². The molecule has 1 spiro atoms. The van der Waals surface area contributed by atoms with Gasteiger partial charge in [0.2, 0.25) is 0 Å². The second-order valence-corrected chi connectivity index (χ2v) is 8.42. The zero-order chi connectivity index (χ0) is 15.5. The van der Waals surface area contributed by atoms with E-state index in [0.717, 1.165) is 6.42 Å². The molecule has 0 radical (unpaired) electrons. The molecule has 0 bridgehead atoms. The molecule has 0 saturated heterocycles. The minimum atomic E-state index is -3.48. The van der Waals surface area contributed by atoms with Gasteiger partial charge in [-0.25, -0.2) is 12.8 Å². The van der Waals surface area contributed by atoms with Gasteiger partial charge in [0, 0.05) is 11.3 Å². The van der Waals surface area contributed by atoms with Gasteiger partial charge in [-0.1, -0.05) is 0 Å². The second-order valence-electron chi connectivity index (χ2n) is 6.12. The summed E-state index contributed by atoms with van der Waals surface area (Å²) >= 11 is 0. The molecule has 1 aromatic rings. The third-order valence-electron chi connectivity index (χ3n) is 4.63. The number of sulfone groups is 1. The summed E-state index contributed by atoms with van der Waals surface area (Å²) in [6.45, 7) is 1.58. The highest BCUT2D eigenvalue weighted by atomic mass is 32.2. The predicted octanol–water partition coefficient (Wildman–Crippen LogP) is 1.33. The molecule has 21 heavy (non-hydrogen) atoms. The predicted molar refractivity (Wildman–Crippen MR) is 80.2 cm³/mol. The van der Waals surface area contributed by atoms with Gasteiger partial charge in [-0.2, -0.15) is 0 Å². The van der Waals surface area contributed by atoms with Gasteiger partial charge < -0.3 is 11.5 Å². The maximum atomic E-state index is 14.1. The first kappa shape index (κ1) is 14.3. The quantitative estimate of drug-likeness (QED) is 0.764. The molecule has 1 aromatic carbocycles. The van der Waals surface area contributed by atoms with Gasteiger partial charge in [-0.05, 0) is 44.4 Å². The lowest BCUT2D eigenvalue weighted by Crippen LogP contribution is -2.61. The number of nitrogen functional groups attached to an aromatic ring is 1. The van der Waals surface area contributed by atoms with E-state index in [0.29, 0.717) is 18.5 Å². The van der Waals surface area contributed by atoms with E-state index in [9.17, 15) is 12.8 Å². The van der Waals surface area contributed by atoms with Crippen molar-refractivity contribution in [2.75, 3.05) is 11.5 Å². The second kappa shape index (κ2) is 4.19. The number of benzene rings is 1. The monoisotopic (exact) mass is 311 g/mol. The van der Waals surface area contributed by atoms with Crippen LogP contribution < -0.4 is 11.5 Å². The van der Waals surface area contributed by atoms with E-state index in [1.54, 1.807) is 6.92 Å². The first-order chi connectivity index (χ1) is 9.70. The van der Waals surface area contributed by atoms with Crippen LogP contribution in [0.3, 0.4) is 0 Å². The topological polar surface area (TPSA) is 98.5 Å². The maximum Gasteiger partial charge on any atom is 0.165 e. The first-order valence-corrected chi connectivity index (χ1v) is 8.49. The molecule has 1 aliphatic heterocycles. The lowest BCUT2D eigenvalue weighted by atomic mass is 9.82. The van der Waals surface area contributed by atoms with Crippen LogP contribution in [-0.4, -0.2) is 24.8 Å². The minimum Gasteiger partial charge on any atom is -0.399 e. The molecule has 114 valence electrons. The van der Waals surface area contributed by atoms with Gasteiger partial charge in [0.15, 0.2) is 9.84 Å². The van der Waals surface area contributed by atoms with Crippen LogP contribution in [0.4, 0.5) is 10.1 Å². The molecular formula is C14H18FN3O2S. The molecular weight excluding hydrogens is 293 g/mol. The Hall–Kier alpha value is -1.63. The van der Waals surface area contributed by atoms with Crippen LogP contribution in [0.2, 0.25) is 0 Å². The highest BCUT2D eigenvalue weighted by Gasteiger charge is 2.57. The van der Waals surface area contributed by atoms with E-state index in [1.165, 1.54) is 18.2 Å². The number of halogens is 1. The van der Waals surface area contributed by atoms with Gasteiger partial charge in [-0.15, -0.1) is 0 Å². The van der Waals surface area contributed by atoms with Crippen molar-refractivity contribution in [3.8, 4) is 0 Å². The molecule has 7 heteroatoms. The van der Waals surface area contributed by atoms with Gasteiger partial charge >= 0.3 is 0 Å². The summed E-state index contributed by atoms with van der Waals surface area (Å²) in [5.74, 6) is -0.673. The van der Waals surface area contributed by atoms with Crippen molar-refractivity contribution in [2.24, 2.45) is 10.7 Å². The highest BCUT2D eigenvalue weighted by molar-refractivity contribution is 7.93. The number of anilines is 1. The fraction of sp³-hybridized carbons (Fsp3) is 0.500. The number of aliphatic imine (C=N–C) groups is 1.